The third kappa shape index (κ3) is 4.90. The second-order valence-corrected chi connectivity index (χ2v) is 9.39. The molecule has 0 N–H and O–H groups in total. The number of halogens is 2. The van der Waals surface area contributed by atoms with Gasteiger partial charge in [0, 0.05) is 0 Å². The Morgan fingerprint density at radius 1 is 0.655 bits per heavy atom. The fourth-order valence-electron chi connectivity index (χ4n) is 5.86. The molecule has 0 amide bonds. The molecule has 0 unspecified atom stereocenters. The van der Waals surface area contributed by atoms with Crippen molar-refractivity contribution in [3.8, 4) is 0 Å². The summed E-state index contributed by atoms with van der Waals surface area (Å²) in [6.07, 6.45) is 12.5. The van der Waals surface area contributed by atoms with Crippen molar-refractivity contribution in [2.75, 3.05) is 0 Å². The molecule has 2 aliphatic rings. The minimum absolute atomic E-state index is 0.402. The first-order valence-electron chi connectivity index (χ1n) is 11.7. The minimum Gasteiger partial charge on any atom is -0.204 e. The van der Waals surface area contributed by atoms with Crippen LogP contribution in [0, 0.1) is 23.5 Å². The molecule has 0 spiro atoms. The van der Waals surface area contributed by atoms with Crippen molar-refractivity contribution in [2.24, 2.45) is 11.8 Å². The molecule has 0 heterocycles. The van der Waals surface area contributed by atoms with E-state index in [9.17, 15) is 8.78 Å². The van der Waals surface area contributed by atoms with E-state index in [4.69, 9.17) is 0 Å². The van der Waals surface area contributed by atoms with E-state index in [1.54, 1.807) is 6.07 Å². The highest BCUT2D eigenvalue weighted by Gasteiger charge is 2.31. The van der Waals surface area contributed by atoms with Gasteiger partial charge in [0.15, 0.2) is 11.6 Å². The maximum absolute atomic E-state index is 13.6. The summed E-state index contributed by atoms with van der Waals surface area (Å²) >= 11 is 0. The molecule has 0 bridgehead atoms. The summed E-state index contributed by atoms with van der Waals surface area (Å²) in [6.45, 7) is 2.24. The van der Waals surface area contributed by atoms with Crippen LogP contribution >= 0.6 is 0 Å². The summed E-state index contributed by atoms with van der Waals surface area (Å²) in [5.41, 5.74) is 3.98. The van der Waals surface area contributed by atoms with E-state index in [0.29, 0.717) is 5.92 Å². The second-order valence-electron chi connectivity index (χ2n) is 9.39. The van der Waals surface area contributed by atoms with E-state index >= 15 is 0 Å². The van der Waals surface area contributed by atoms with Crippen molar-refractivity contribution in [1.29, 1.82) is 0 Å². The van der Waals surface area contributed by atoms with Gasteiger partial charge in [0.05, 0.1) is 0 Å². The van der Waals surface area contributed by atoms with Crippen molar-refractivity contribution >= 4 is 0 Å². The second kappa shape index (κ2) is 9.41. The summed E-state index contributed by atoms with van der Waals surface area (Å²) in [7, 11) is 0. The molecule has 4 rings (SSSR count). The van der Waals surface area contributed by atoms with E-state index in [1.165, 1.54) is 74.6 Å². The average Bonchev–Trinajstić information content (AvgIpc) is 2.77. The van der Waals surface area contributed by atoms with Gasteiger partial charge in [0.1, 0.15) is 0 Å². The van der Waals surface area contributed by atoms with E-state index in [-0.39, 0.29) is 0 Å². The predicted molar refractivity (Wildman–Crippen MR) is 116 cm³/mol. The van der Waals surface area contributed by atoms with Crippen molar-refractivity contribution in [3.63, 3.8) is 0 Å². The van der Waals surface area contributed by atoms with Gasteiger partial charge in [-0.3, -0.25) is 0 Å². The van der Waals surface area contributed by atoms with Gasteiger partial charge in [0.2, 0.25) is 0 Å². The quantitative estimate of drug-likeness (QED) is 0.478. The topological polar surface area (TPSA) is 0 Å². The molecule has 2 heteroatoms. The van der Waals surface area contributed by atoms with Crippen LogP contribution in [0.1, 0.15) is 93.2 Å². The predicted octanol–water partition coefficient (Wildman–Crippen LogP) is 8.17. The Hall–Kier alpha value is -1.70. The third-order valence-electron chi connectivity index (χ3n) is 7.62. The summed E-state index contributed by atoms with van der Waals surface area (Å²) in [5, 5.41) is 0. The fraction of sp³-hybridized carbons (Fsp3) is 0.556. The van der Waals surface area contributed by atoms with Crippen LogP contribution in [0.25, 0.3) is 0 Å². The van der Waals surface area contributed by atoms with Gasteiger partial charge in [-0.05, 0) is 110 Å². The lowest BCUT2D eigenvalue weighted by Crippen LogP contribution is -2.25. The summed E-state index contributed by atoms with van der Waals surface area (Å²) in [5.74, 6) is 1.38. The van der Waals surface area contributed by atoms with E-state index in [1.807, 2.05) is 0 Å². The highest BCUT2D eigenvalue weighted by atomic mass is 19.2. The molecule has 156 valence electrons. The van der Waals surface area contributed by atoms with E-state index < -0.39 is 11.6 Å². The van der Waals surface area contributed by atoms with E-state index in [2.05, 4.69) is 31.2 Å². The van der Waals surface area contributed by atoms with Gasteiger partial charge in [-0.1, -0.05) is 43.7 Å². The minimum atomic E-state index is -0.737. The normalized spacial score (nSPS) is 27.7. The van der Waals surface area contributed by atoms with Gasteiger partial charge >= 0.3 is 0 Å². The number of hydrogen-bond donors (Lipinski definition) is 0. The molecule has 0 aliphatic heterocycles. The van der Waals surface area contributed by atoms with Crippen LogP contribution in [0.3, 0.4) is 0 Å². The third-order valence-corrected chi connectivity index (χ3v) is 7.62. The smallest absolute Gasteiger partial charge is 0.159 e. The first-order valence-corrected chi connectivity index (χ1v) is 11.7. The number of benzene rings is 2. The van der Waals surface area contributed by atoms with Gasteiger partial charge in [-0.25, -0.2) is 8.78 Å². The van der Waals surface area contributed by atoms with Crippen LogP contribution in [0.5, 0.6) is 0 Å². The van der Waals surface area contributed by atoms with Gasteiger partial charge in [0.25, 0.3) is 0 Å². The zero-order valence-corrected chi connectivity index (χ0v) is 17.7. The van der Waals surface area contributed by atoms with Gasteiger partial charge in [-0.15, -0.1) is 0 Å². The maximum atomic E-state index is 13.6. The first kappa shape index (κ1) is 20.6. The SMILES string of the molecule is CCCc1ccc(C2CCC(C3CCC(c4ccc(F)c(F)c4)CC3)CC2)cc1. The zero-order chi connectivity index (χ0) is 20.2. The highest BCUT2D eigenvalue weighted by molar-refractivity contribution is 5.26. The Morgan fingerprint density at radius 3 is 1.69 bits per heavy atom. The molecule has 29 heavy (non-hydrogen) atoms. The molecule has 0 atom stereocenters. The molecular weight excluding hydrogens is 362 g/mol. The van der Waals surface area contributed by atoms with Crippen molar-refractivity contribution in [1.82, 2.24) is 0 Å². The Kier molecular flexibility index (Phi) is 6.67. The summed E-state index contributed by atoms with van der Waals surface area (Å²) in [4.78, 5) is 0. The first-order chi connectivity index (χ1) is 14.1. The largest absolute Gasteiger partial charge is 0.204 e. The summed E-state index contributed by atoms with van der Waals surface area (Å²) in [6, 6.07) is 13.9. The Morgan fingerprint density at radius 2 is 1.17 bits per heavy atom. The van der Waals surface area contributed by atoms with Crippen LogP contribution in [-0.2, 0) is 6.42 Å². The monoisotopic (exact) mass is 396 g/mol. The number of aryl methyl sites for hydroxylation is 1. The molecule has 0 nitrogen and oxygen atoms in total. The van der Waals surface area contributed by atoms with Crippen LogP contribution in [0.2, 0.25) is 0 Å². The van der Waals surface area contributed by atoms with Crippen molar-refractivity contribution < 1.29 is 8.78 Å². The Labute approximate surface area is 174 Å². The van der Waals surface area contributed by atoms with Crippen LogP contribution < -0.4 is 0 Å². The maximum Gasteiger partial charge on any atom is 0.159 e. The molecule has 2 saturated carbocycles. The lowest BCUT2D eigenvalue weighted by atomic mass is 9.67. The number of rotatable bonds is 5. The van der Waals surface area contributed by atoms with Gasteiger partial charge < -0.3 is 0 Å². The van der Waals surface area contributed by atoms with Crippen LogP contribution in [0.4, 0.5) is 8.78 Å². The molecular formula is C27H34F2. The van der Waals surface area contributed by atoms with E-state index in [0.717, 1.165) is 36.2 Å². The molecule has 2 aliphatic carbocycles. The number of hydrogen-bond acceptors (Lipinski definition) is 0. The van der Waals surface area contributed by atoms with Crippen molar-refractivity contribution in [2.45, 2.75) is 83.0 Å². The average molecular weight is 397 g/mol. The lowest BCUT2D eigenvalue weighted by Gasteiger charge is -2.38. The fourth-order valence-corrected chi connectivity index (χ4v) is 5.86. The summed E-state index contributed by atoms with van der Waals surface area (Å²) < 4.78 is 26.8. The van der Waals surface area contributed by atoms with Crippen LogP contribution in [-0.4, -0.2) is 0 Å². The molecule has 0 aromatic heterocycles. The molecule has 2 fully saturated rings. The standard InChI is InChI=1S/C27H34F2/c1-2-3-19-4-6-20(7-5-19)21-8-10-22(11-9-21)23-12-14-24(15-13-23)25-16-17-26(28)27(29)18-25/h4-7,16-18,21-24H,2-3,8-15H2,1H3. The molecule has 2 aromatic rings. The highest BCUT2D eigenvalue weighted by Crippen LogP contribution is 2.45. The lowest BCUT2D eigenvalue weighted by molar-refractivity contribution is 0.177. The molecule has 0 saturated heterocycles. The zero-order valence-electron chi connectivity index (χ0n) is 17.7. The van der Waals surface area contributed by atoms with Crippen molar-refractivity contribution in [3.05, 3.63) is 70.8 Å². The molecule has 2 aromatic carbocycles. The van der Waals surface area contributed by atoms with Crippen LogP contribution in [0.15, 0.2) is 42.5 Å². The Bertz CT molecular complexity index is 779. The Balaban J connectivity index is 1.27. The molecule has 0 radical (unpaired) electrons. The van der Waals surface area contributed by atoms with Gasteiger partial charge in [-0.2, -0.15) is 0 Å².